The van der Waals surface area contributed by atoms with E-state index in [2.05, 4.69) is 15.2 Å². The first kappa shape index (κ1) is 21.1. The lowest BCUT2D eigenvalue weighted by molar-refractivity contribution is 0.122. The Hall–Kier alpha value is -3.72. The monoisotopic (exact) mass is 446 g/mol. The summed E-state index contributed by atoms with van der Waals surface area (Å²) in [5, 5.41) is 2.98. The molecule has 33 heavy (non-hydrogen) atoms. The second kappa shape index (κ2) is 9.41. The van der Waals surface area contributed by atoms with Gasteiger partial charge in [-0.3, -0.25) is 4.98 Å². The van der Waals surface area contributed by atoms with E-state index in [1.807, 2.05) is 30.3 Å². The van der Waals surface area contributed by atoms with Gasteiger partial charge in [0.15, 0.2) is 5.82 Å². The topological polar surface area (TPSA) is 92.7 Å². The summed E-state index contributed by atoms with van der Waals surface area (Å²) in [7, 11) is 1.61. The van der Waals surface area contributed by atoms with Crippen molar-refractivity contribution in [1.29, 1.82) is 0 Å². The minimum Gasteiger partial charge on any atom is -0.497 e. The molecule has 9 nitrogen and oxygen atoms in total. The number of morpholine rings is 1. The molecule has 2 aliphatic rings. The lowest BCUT2D eigenvalue weighted by Crippen LogP contribution is -2.42. The summed E-state index contributed by atoms with van der Waals surface area (Å²) in [6, 6.07) is 11.0. The highest BCUT2D eigenvalue weighted by Crippen LogP contribution is 2.30. The lowest BCUT2D eigenvalue weighted by Gasteiger charge is -2.34. The lowest BCUT2D eigenvalue weighted by atomic mass is 10.0. The number of ether oxygens (including phenoxy) is 2. The second-order valence-electron chi connectivity index (χ2n) is 7.97. The third kappa shape index (κ3) is 4.58. The van der Waals surface area contributed by atoms with Crippen molar-refractivity contribution in [1.82, 2.24) is 19.9 Å². The molecule has 170 valence electrons. The Morgan fingerprint density at radius 1 is 1.09 bits per heavy atom. The molecule has 1 N–H and O–H groups in total. The fourth-order valence-electron chi connectivity index (χ4n) is 4.14. The second-order valence-corrected chi connectivity index (χ2v) is 7.97. The molecule has 2 amide bonds. The molecule has 4 heterocycles. The Labute approximate surface area is 192 Å². The van der Waals surface area contributed by atoms with Crippen LogP contribution in [0.3, 0.4) is 0 Å². The van der Waals surface area contributed by atoms with Gasteiger partial charge >= 0.3 is 6.03 Å². The van der Waals surface area contributed by atoms with E-state index in [1.165, 1.54) is 0 Å². The molecule has 0 aliphatic carbocycles. The van der Waals surface area contributed by atoms with E-state index in [0.29, 0.717) is 50.0 Å². The molecule has 0 bridgehead atoms. The maximum Gasteiger partial charge on any atom is 0.322 e. The van der Waals surface area contributed by atoms with Crippen LogP contribution in [0.5, 0.6) is 5.75 Å². The Morgan fingerprint density at radius 3 is 2.70 bits per heavy atom. The van der Waals surface area contributed by atoms with Gasteiger partial charge in [0, 0.05) is 61.3 Å². The summed E-state index contributed by atoms with van der Waals surface area (Å²) in [6.45, 7) is 3.86. The zero-order valence-corrected chi connectivity index (χ0v) is 18.5. The van der Waals surface area contributed by atoms with Gasteiger partial charge in [-0.2, -0.15) is 0 Å². The largest absolute Gasteiger partial charge is 0.497 e. The molecule has 0 saturated carbocycles. The minimum atomic E-state index is -0.153. The zero-order valence-electron chi connectivity index (χ0n) is 18.5. The summed E-state index contributed by atoms with van der Waals surface area (Å²) in [6.07, 6.45) is 4.16. The molecular weight excluding hydrogens is 420 g/mol. The van der Waals surface area contributed by atoms with Crippen LogP contribution >= 0.6 is 0 Å². The number of rotatable bonds is 4. The van der Waals surface area contributed by atoms with Crippen LogP contribution in [0.25, 0.3) is 11.4 Å². The first-order valence-electron chi connectivity index (χ1n) is 11.0. The van der Waals surface area contributed by atoms with Gasteiger partial charge in [-0.1, -0.05) is 6.07 Å². The normalized spacial score (nSPS) is 15.7. The number of pyridine rings is 1. The van der Waals surface area contributed by atoms with Crippen molar-refractivity contribution in [3.8, 4) is 17.1 Å². The van der Waals surface area contributed by atoms with Crippen molar-refractivity contribution in [2.75, 3.05) is 50.2 Å². The average Bonchev–Trinajstić information content (AvgIpc) is 2.89. The molecule has 2 aliphatic heterocycles. The van der Waals surface area contributed by atoms with Crippen LogP contribution in [-0.2, 0) is 17.7 Å². The molecule has 0 spiro atoms. The van der Waals surface area contributed by atoms with Crippen molar-refractivity contribution in [2.24, 2.45) is 0 Å². The van der Waals surface area contributed by atoms with Crippen LogP contribution < -0.4 is 15.0 Å². The molecule has 1 aromatic carbocycles. The Kier molecular flexibility index (Phi) is 6.03. The van der Waals surface area contributed by atoms with E-state index < -0.39 is 0 Å². The maximum atomic E-state index is 13.0. The van der Waals surface area contributed by atoms with Gasteiger partial charge in [-0.05, 0) is 24.3 Å². The van der Waals surface area contributed by atoms with Crippen molar-refractivity contribution in [3.05, 3.63) is 60.0 Å². The highest BCUT2D eigenvalue weighted by molar-refractivity contribution is 5.89. The molecule has 2 aromatic heterocycles. The SMILES string of the molecule is COc1cccc(NC(=O)N2CCc3nc(-c4ccncc4)nc(N4CCOCC4)c3C2)c1. The predicted molar refractivity (Wildman–Crippen MR) is 124 cm³/mol. The van der Waals surface area contributed by atoms with Crippen LogP contribution in [0.4, 0.5) is 16.3 Å². The number of benzene rings is 1. The molecule has 3 aromatic rings. The molecule has 0 atom stereocenters. The third-order valence-electron chi connectivity index (χ3n) is 5.90. The third-order valence-corrected chi connectivity index (χ3v) is 5.90. The fourth-order valence-corrected chi connectivity index (χ4v) is 4.14. The summed E-state index contributed by atoms with van der Waals surface area (Å²) in [5.74, 6) is 2.27. The van der Waals surface area contributed by atoms with Crippen LogP contribution in [0.1, 0.15) is 11.3 Å². The van der Waals surface area contributed by atoms with Crippen molar-refractivity contribution < 1.29 is 14.3 Å². The quantitative estimate of drug-likeness (QED) is 0.659. The Bertz CT molecular complexity index is 1130. The van der Waals surface area contributed by atoms with E-state index in [1.54, 1.807) is 30.5 Å². The van der Waals surface area contributed by atoms with Crippen LogP contribution in [-0.4, -0.2) is 65.8 Å². The summed E-state index contributed by atoms with van der Waals surface area (Å²) in [4.78, 5) is 31.0. The first-order chi connectivity index (χ1) is 16.2. The summed E-state index contributed by atoms with van der Waals surface area (Å²) in [5.41, 5.74) is 3.62. The molecule has 0 radical (unpaired) electrons. The van der Waals surface area contributed by atoms with E-state index in [-0.39, 0.29) is 6.03 Å². The fraction of sp³-hybridized carbons (Fsp3) is 0.333. The van der Waals surface area contributed by atoms with Crippen LogP contribution in [0.2, 0.25) is 0 Å². The van der Waals surface area contributed by atoms with E-state index in [9.17, 15) is 4.79 Å². The Balaban J connectivity index is 1.43. The summed E-state index contributed by atoms with van der Waals surface area (Å²) >= 11 is 0. The van der Waals surface area contributed by atoms with Gasteiger partial charge in [0.25, 0.3) is 0 Å². The number of aromatic nitrogens is 3. The van der Waals surface area contributed by atoms with Gasteiger partial charge in [0.2, 0.25) is 0 Å². The van der Waals surface area contributed by atoms with Crippen molar-refractivity contribution in [3.63, 3.8) is 0 Å². The highest BCUT2D eigenvalue weighted by Gasteiger charge is 2.28. The van der Waals surface area contributed by atoms with E-state index >= 15 is 0 Å². The summed E-state index contributed by atoms with van der Waals surface area (Å²) < 4.78 is 10.8. The van der Waals surface area contributed by atoms with E-state index in [4.69, 9.17) is 19.4 Å². The minimum absolute atomic E-state index is 0.153. The Morgan fingerprint density at radius 2 is 1.91 bits per heavy atom. The predicted octanol–water partition coefficient (Wildman–Crippen LogP) is 2.97. The molecule has 1 saturated heterocycles. The van der Waals surface area contributed by atoms with Crippen molar-refractivity contribution >= 4 is 17.5 Å². The number of urea groups is 1. The van der Waals surface area contributed by atoms with Gasteiger partial charge in [0.05, 0.1) is 32.6 Å². The van der Waals surface area contributed by atoms with Crippen LogP contribution in [0, 0.1) is 0 Å². The number of carbonyl (C=O) groups excluding carboxylic acids is 1. The number of nitrogens with one attached hydrogen (secondary N) is 1. The number of nitrogens with zero attached hydrogens (tertiary/aromatic N) is 5. The molecule has 9 heteroatoms. The number of fused-ring (bicyclic) bond motifs is 1. The van der Waals surface area contributed by atoms with Gasteiger partial charge in [-0.15, -0.1) is 0 Å². The van der Waals surface area contributed by atoms with Gasteiger partial charge in [0.1, 0.15) is 11.6 Å². The molecular formula is C24H26N6O3. The number of amides is 2. The van der Waals surface area contributed by atoms with E-state index in [0.717, 1.165) is 35.7 Å². The van der Waals surface area contributed by atoms with Gasteiger partial charge in [-0.25, -0.2) is 14.8 Å². The van der Waals surface area contributed by atoms with Crippen LogP contribution in [0.15, 0.2) is 48.8 Å². The number of anilines is 2. The zero-order chi connectivity index (χ0) is 22.6. The average molecular weight is 447 g/mol. The standard InChI is InChI=1S/C24H26N6O3/c1-32-19-4-2-3-18(15-19)26-24(31)30-10-7-21-20(16-30)23(29-11-13-33-14-12-29)28-22(27-21)17-5-8-25-9-6-17/h2-6,8-9,15H,7,10-14,16H2,1H3,(H,26,31). The number of methoxy groups -OCH3 is 1. The molecule has 5 rings (SSSR count). The number of carbonyl (C=O) groups is 1. The smallest absolute Gasteiger partial charge is 0.322 e. The first-order valence-corrected chi connectivity index (χ1v) is 11.0. The maximum absolute atomic E-state index is 13.0. The van der Waals surface area contributed by atoms with Gasteiger partial charge < -0.3 is 24.6 Å². The number of hydrogen-bond donors (Lipinski definition) is 1. The molecule has 0 unspecified atom stereocenters. The van der Waals surface area contributed by atoms with Crippen molar-refractivity contribution in [2.45, 2.75) is 13.0 Å². The number of hydrogen-bond acceptors (Lipinski definition) is 7. The highest BCUT2D eigenvalue weighted by atomic mass is 16.5. The molecule has 1 fully saturated rings.